The Morgan fingerprint density at radius 3 is 2.23 bits per heavy atom. The fraction of sp³-hybridized carbons (Fsp3) is 0.435. The van der Waals surface area contributed by atoms with E-state index in [2.05, 4.69) is 17.0 Å². The lowest BCUT2D eigenvalue weighted by Crippen LogP contribution is -2.56. The molecule has 0 spiro atoms. The Morgan fingerprint density at radius 1 is 1.03 bits per heavy atom. The maximum absolute atomic E-state index is 13.4. The number of aryl methyl sites for hydroxylation is 2. The lowest BCUT2D eigenvalue weighted by atomic mass is 10.1. The number of rotatable bonds is 6. The SMILES string of the molecule is CC[C@@H](C(=O)N1CCN(c2ccccc2)CC1)N(c1cc(C)ccc1C)S(C)(=O)=O. The van der Waals surface area contributed by atoms with Gasteiger partial charge in [-0.15, -0.1) is 0 Å². The first kappa shape index (κ1) is 22.2. The van der Waals surface area contributed by atoms with E-state index < -0.39 is 16.1 Å². The first-order chi connectivity index (χ1) is 14.2. The van der Waals surface area contributed by atoms with Crippen LogP contribution in [0.25, 0.3) is 0 Å². The van der Waals surface area contributed by atoms with Crippen molar-refractivity contribution >= 4 is 27.3 Å². The van der Waals surface area contributed by atoms with Crippen molar-refractivity contribution in [3.63, 3.8) is 0 Å². The van der Waals surface area contributed by atoms with Gasteiger partial charge in [0, 0.05) is 31.9 Å². The van der Waals surface area contributed by atoms with Gasteiger partial charge in [-0.3, -0.25) is 9.10 Å². The molecule has 0 radical (unpaired) electrons. The summed E-state index contributed by atoms with van der Waals surface area (Å²) in [5.74, 6) is -0.128. The number of nitrogens with zero attached hydrogens (tertiary/aromatic N) is 3. The summed E-state index contributed by atoms with van der Waals surface area (Å²) in [7, 11) is -3.63. The van der Waals surface area contributed by atoms with Crippen molar-refractivity contribution in [2.45, 2.75) is 33.2 Å². The first-order valence-corrected chi connectivity index (χ1v) is 12.2. The summed E-state index contributed by atoms with van der Waals surface area (Å²) in [6, 6.07) is 15.1. The number of benzene rings is 2. The lowest BCUT2D eigenvalue weighted by Gasteiger charge is -2.40. The fourth-order valence-electron chi connectivity index (χ4n) is 4.01. The van der Waals surface area contributed by atoms with Crippen molar-refractivity contribution in [1.82, 2.24) is 4.90 Å². The zero-order valence-electron chi connectivity index (χ0n) is 18.2. The van der Waals surface area contributed by atoms with Gasteiger partial charge in [-0.1, -0.05) is 37.3 Å². The van der Waals surface area contributed by atoms with Gasteiger partial charge in [0.1, 0.15) is 6.04 Å². The fourth-order valence-corrected chi connectivity index (χ4v) is 5.27. The van der Waals surface area contributed by atoms with Crippen molar-refractivity contribution in [3.8, 4) is 0 Å². The van der Waals surface area contributed by atoms with Crippen LogP contribution in [0.2, 0.25) is 0 Å². The van der Waals surface area contributed by atoms with E-state index in [0.717, 1.165) is 29.9 Å². The number of hydrogen-bond acceptors (Lipinski definition) is 4. The second kappa shape index (κ2) is 9.08. The second-order valence-electron chi connectivity index (χ2n) is 7.92. The van der Waals surface area contributed by atoms with Crippen LogP contribution in [-0.4, -0.2) is 57.7 Å². The molecule has 0 aliphatic carbocycles. The van der Waals surface area contributed by atoms with E-state index in [4.69, 9.17) is 0 Å². The molecular weight excluding hydrogens is 398 g/mol. The Morgan fingerprint density at radius 2 is 1.67 bits per heavy atom. The highest BCUT2D eigenvalue weighted by Gasteiger charge is 2.36. The third-order valence-corrected chi connectivity index (χ3v) is 6.79. The molecule has 1 aliphatic rings. The van der Waals surface area contributed by atoms with E-state index in [1.165, 1.54) is 10.6 Å². The number of carbonyl (C=O) groups excluding carboxylic acids is 1. The van der Waals surface area contributed by atoms with E-state index >= 15 is 0 Å². The molecule has 1 aliphatic heterocycles. The Bertz CT molecular complexity index is 984. The predicted octanol–water partition coefficient (Wildman–Crippen LogP) is 3.20. The van der Waals surface area contributed by atoms with E-state index in [1.54, 1.807) is 4.90 Å². The average Bonchev–Trinajstić information content (AvgIpc) is 2.73. The summed E-state index contributed by atoms with van der Waals surface area (Å²) in [6.07, 6.45) is 1.59. The highest BCUT2D eigenvalue weighted by atomic mass is 32.2. The molecule has 30 heavy (non-hydrogen) atoms. The van der Waals surface area contributed by atoms with E-state index in [9.17, 15) is 13.2 Å². The van der Waals surface area contributed by atoms with Crippen LogP contribution in [0.3, 0.4) is 0 Å². The largest absolute Gasteiger partial charge is 0.368 e. The monoisotopic (exact) mass is 429 g/mol. The molecule has 1 amide bonds. The smallest absolute Gasteiger partial charge is 0.246 e. The van der Waals surface area contributed by atoms with Crippen LogP contribution >= 0.6 is 0 Å². The number of hydrogen-bond donors (Lipinski definition) is 0. The highest BCUT2D eigenvalue weighted by molar-refractivity contribution is 7.92. The third kappa shape index (κ3) is 4.78. The van der Waals surface area contributed by atoms with E-state index in [-0.39, 0.29) is 5.91 Å². The predicted molar refractivity (Wildman–Crippen MR) is 123 cm³/mol. The second-order valence-corrected chi connectivity index (χ2v) is 9.78. The Balaban J connectivity index is 1.83. The standard InChI is InChI=1S/C23H31N3O3S/c1-5-21(26(30(4,28)29)22-17-18(2)11-12-19(22)3)23(27)25-15-13-24(14-16-25)20-9-7-6-8-10-20/h6-12,17,21H,5,13-16H2,1-4H3/t21-/m0/s1. The number of anilines is 2. The third-order valence-electron chi connectivity index (χ3n) is 5.63. The molecule has 3 rings (SSSR count). The van der Waals surface area contributed by atoms with E-state index in [1.807, 2.05) is 57.2 Å². The lowest BCUT2D eigenvalue weighted by molar-refractivity contribution is -0.132. The normalized spacial score (nSPS) is 15.7. The molecule has 0 N–H and O–H groups in total. The minimum Gasteiger partial charge on any atom is -0.368 e. The van der Waals surface area contributed by atoms with Gasteiger partial charge in [0.25, 0.3) is 0 Å². The molecule has 2 aromatic carbocycles. The molecule has 2 aromatic rings. The van der Waals surface area contributed by atoms with Gasteiger partial charge in [-0.25, -0.2) is 8.42 Å². The maximum Gasteiger partial charge on any atom is 0.246 e. The van der Waals surface area contributed by atoms with Crippen molar-refractivity contribution in [3.05, 3.63) is 59.7 Å². The van der Waals surface area contributed by atoms with E-state index in [0.29, 0.717) is 25.2 Å². The Kier molecular flexibility index (Phi) is 6.71. The van der Waals surface area contributed by atoms with Gasteiger partial charge in [0.05, 0.1) is 11.9 Å². The van der Waals surface area contributed by atoms with Crippen molar-refractivity contribution in [2.24, 2.45) is 0 Å². The highest BCUT2D eigenvalue weighted by Crippen LogP contribution is 2.28. The molecule has 1 heterocycles. The summed E-state index contributed by atoms with van der Waals surface area (Å²) in [5, 5.41) is 0. The Hall–Kier alpha value is -2.54. The molecule has 0 aromatic heterocycles. The number of carbonyl (C=O) groups is 1. The molecule has 7 heteroatoms. The maximum atomic E-state index is 13.4. The van der Waals surface area contributed by atoms with Crippen LogP contribution in [-0.2, 0) is 14.8 Å². The summed E-state index contributed by atoms with van der Waals surface area (Å²) >= 11 is 0. The minimum atomic E-state index is -3.63. The number of para-hydroxylation sites is 1. The Labute approximate surface area is 180 Å². The van der Waals surface area contributed by atoms with Gasteiger partial charge < -0.3 is 9.80 Å². The molecule has 1 atom stereocenters. The molecule has 6 nitrogen and oxygen atoms in total. The van der Waals surface area contributed by atoms with Gasteiger partial charge >= 0.3 is 0 Å². The van der Waals surface area contributed by atoms with Crippen LogP contribution in [0.1, 0.15) is 24.5 Å². The summed E-state index contributed by atoms with van der Waals surface area (Å²) in [6.45, 7) is 8.29. The van der Waals surface area contributed by atoms with Crippen molar-refractivity contribution in [2.75, 3.05) is 41.6 Å². The molecule has 162 valence electrons. The van der Waals surface area contributed by atoms with Crippen LogP contribution in [0, 0.1) is 13.8 Å². The van der Waals surface area contributed by atoms with Crippen molar-refractivity contribution < 1.29 is 13.2 Å². The number of piperazine rings is 1. The molecular formula is C23H31N3O3S. The topological polar surface area (TPSA) is 60.9 Å². The van der Waals surface area contributed by atoms with Gasteiger partial charge in [-0.05, 0) is 49.6 Å². The summed E-state index contributed by atoms with van der Waals surface area (Å²) in [5.41, 5.74) is 3.53. The number of sulfonamides is 1. The zero-order chi connectivity index (χ0) is 21.9. The average molecular weight is 430 g/mol. The molecule has 0 bridgehead atoms. The first-order valence-electron chi connectivity index (χ1n) is 10.4. The zero-order valence-corrected chi connectivity index (χ0v) is 19.0. The molecule has 0 saturated carbocycles. The van der Waals surface area contributed by atoms with Gasteiger partial charge in [-0.2, -0.15) is 0 Å². The van der Waals surface area contributed by atoms with Crippen molar-refractivity contribution in [1.29, 1.82) is 0 Å². The minimum absolute atomic E-state index is 0.128. The van der Waals surface area contributed by atoms with Gasteiger partial charge in [0.15, 0.2) is 0 Å². The summed E-state index contributed by atoms with van der Waals surface area (Å²) < 4.78 is 26.9. The quantitative estimate of drug-likeness (QED) is 0.708. The van der Waals surface area contributed by atoms with Crippen LogP contribution in [0.5, 0.6) is 0 Å². The van der Waals surface area contributed by atoms with Crippen LogP contribution in [0.15, 0.2) is 48.5 Å². The van der Waals surface area contributed by atoms with Crippen LogP contribution in [0.4, 0.5) is 11.4 Å². The molecule has 1 saturated heterocycles. The molecule has 1 fully saturated rings. The molecule has 0 unspecified atom stereocenters. The number of amides is 1. The van der Waals surface area contributed by atoms with Crippen LogP contribution < -0.4 is 9.21 Å². The van der Waals surface area contributed by atoms with Gasteiger partial charge in [0.2, 0.25) is 15.9 Å². The summed E-state index contributed by atoms with van der Waals surface area (Å²) in [4.78, 5) is 17.5.